The van der Waals surface area contributed by atoms with Crippen molar-refractivity contribution >= 4 is 5.91 Å². The van der Waals surface area contributed by atoms with Crippen LogP contribution in [0.4, 0.5) is 0 Å². The molecule has 0 aromatic rings. The smallest absolute Gasteiger partial charge is 0.220 e. The van der Waals surface area contributed by atoms with E-state index < -0.39 is 24.4 Å². The Hall–Kier alpha value is -1.33. The minimum atomic E-state index is -1.12. The average molecular weight is 450 g/mol. The van der Waals surface area contributed by atoms with Gasteiger partial charge in [-0.3, -0.25) is 4.79 Å². The van der Waals surface area contributed by atoms with Crippen LogP contribution in [0, 0.1) is 0 Å². The fourth-order valence-corrected chi connectivity index (χ4v) is 2.47. The summed E-state index contributed by atoms with van der Waals surface area (Å²) >= 11 is 0. The zero-order chi connectivity index (χ0) is 23.9. The lowest BCUT2D eigenvalue weighted by molar-refractivity contribution is -0.171. The molecule has 1 unspecified atom stereocenters. The third kappa shape index (κ3) is 16.0. The molecular formula is C22H43NO8. The van der Waals surface area contributed by atoms with E-state index in [-0.39, 0.29) is 19.1 Å². The van der Waals surface area contributed by atoms with Gasteiger partial charge in [-0.05, 0) is 6.42 Å². The molecule has 1 fully saturated rings. The van der Waals surface area contributed by atoms with Crippen molar-refractivity contribution in [3.05, 3.63) is 26.3 Å². The zero-order valence-corrected chi connectivity index (χ0v) is 19.3. The molecule has 0 spiro atoms. The second-order valence-electron chi connectivity index (χ2n) is 6.29. The van der Waals surface area contributed by atoms with Gasteiger partial charge < -0.3 is 39.2 Å². The second-order valence-corrected chi connectivity index (χ2v) is 6.29. The molecule has 1 saturated heterocycles. The number of aliphatic hydroxyl groups is 2. The van der Waals surface area contributed by atoms with Crippen LogP contribution in [0.3, 0.4) is 0 Å². The van der Waals surface area contributed by atoms with Gasteiger partial charge in [-0.15, -0.1) is 26.3 Å². The average Bonchev–Trinajstić information content (AvgIpc) is 2.81. The van der Waals surface area contributed by atoms with Gasteiger partial charge in [-0.1, -0.05) is 13.8 Å². The second kappa shape index (κ2) is 23.3. The lowest BCUT2D eigenvalue weighted by atomic mass is 9.98. The van der Waals surface area contributed by atoms with Crippen molar-refractivity contribution in [2.24, 2.45) is 0 Å². The summed E-state index contributed by atoms with van der Waals surface area (Å²) in [4.78, 5) is 11.4. The van der Waals surface area contributed by atoms with E-state index >= 15 is 0 Å². The molecule has 9 heteroatoms. The van der Waals surface area contributed by atoms with Gasteiger partial charge in [0.25, 0.3) is 0 Å². The first-order valence-corrected chi connectivity index (χ1v) is 10.7. The lowest BCUT2D eigenvalue weighted by Crippen LogP contribution is -2.60. The standard InChI is InChI=1S/C18H35NO8.2C2H4/c1-3-5-23-6-7-24-8-9-25-10-11-26-13-15-18(22)17(21)14(12-27-15)19-16(20)4-2;2*1-2/h14-15,17-18,21-22H,3-13H2,1-2H3,(H,19,20);2*1-2H2/t14?,15-,17-,18+;;/m1../s1. The van der Waals surface area contributed by atoms with E-state index in [1.165, 1.54) is 0 Å². The third-order valence-electron chi connectivity index (χ3n) is 4.05. The van der Waals surface area contributed by atoms with E-state index in [1.807, 2.05) is 0 Å². The van der Waals surface area contributed by atoms with Crippen LogP contribution in [0.25, 0.3) is 0 Å². The SMILES string of the molecule is C=C.C=C.CCCOCCOCCOCCOC[C@H]1OCC(NC(=O)CC)[C@@H](O)[C@H]1O. The summed E-state index contributed by atoms with van der Waals surface area (Å²) < 4.78 is 27.0. The lowest BCUT2D eigenvalue weighted by Gasteiger charge is -2.37. The number of aliphatic hydroxyl groups excluding tert-OH is 2. The first-order valence-electron chi connectivity index (χ1n) is 10.7. The third-order valence-corrected chi connectivity index (χ3v) is 4.05. The Morgan fingerprint density at radius 1 is 0.871 bits per heavy atom. The molecule has 0 aromatic heterocycles. The van der Waals surface area contributed by atoms with Crippen LogP contribution in [0.1, 0.15) is 26.7 Å². The van der Waals surface area contributed by atoms with Crippen LogP contribution in [0.5, 0.6) is 0 Å². The quantitative estimate of drug-likeness (QED) is 0.251. The van der Waals surface area contributed by atoms with Crippen molar-refractivity contribution in [2.45, 2.75) is 51.0 Å². The van der Waals surface area contributed by atoms with E-state index in [1.54, 1.807) is 6.92 Å². The molecule has 0 bridgehead atoms. The molecule has 0 radical (unpaired) electrons. The Morgan fingerprint density at radius 3 is 1.84 bits per heavy atom. The Morgan fingerprint density at radius 2 is 1.35 bits per heavy atom. The first-order chi connectivity index (χ1) is 15.1. The number of hydrogen-bond donors (Lipinski definition) is 3. The molecule has 1 aliphatic rings. The molecule has 0 saturated carbocycles. The van der Waals surface area contributed by atoms with Crippen LogP contribution in [-0.4, -0.2) is 99.9 Å². The maximum atomic E-state index is 11.4. The Kier molecular flexibility index (Phi) is 24.0. The normalized spacial score (nSPS) is 22.5. The molecule has 4 atom stereocenters. The van der Waals surface area contributed by atoms with Gasteiger partial charge in [0.2, 0.25) is 5.91 Å². The number of carbonyl (C=O) groups excluding carboxylic acids is 1. The van der Waals surface area contributed by atoms with Gasteiger partial charge in [0, 0.05) is 13.0 Å². The summed E-state index contributed by atoms with van der Waals surface area (Å²) in [6.45, 7) is 19.7. The molecule has 0 aliphatic carbocycles. The predicted octanol–water partition coefficient (Wildman–Crippen LogP) is 1.08. The summed E-state index contributed by atoms with van der Waals surface area (Å²) in [5, 5.41) is 22.8. The minimum Gasteiger partial charge on any atom is -0.388 e. The van der Waals surface area contributed by atoms with Crippen LogP contribution >= 0.6 is 0 Å². The monoisotopic (exact) mass is 449 g/mol. The van der Waals surface area contributed by atoms with Gasteiger partial charge in [-0.25, -0.2) is 0 Å². The summed E-state index contributed by atoms with van der Waals surface area (Å²) in [5.41, 5.74) is 0. The molecule has 0 aromatic carbocycles. The van der Waals surface area contributed by atoms with Crippen molar-refractivity contribution in [1.82, 2.24) is 5.32 Å². The zero-order valence-electron chi connectivity index (χ0n) is 19.3. The Bertz CT molecular complexity index is 411. The Labute approximate surface area is 187 Å². The number of nitrogens with one attached hydrogen (secondary N) is 1. The van der Waals surface area contributed by atoms with Crippen LogP contribution in [0.2, 0.25) is 0 Å². The van der Waals surface area contributed by atoms with Crippen molar-refractivity contribution in [2.75, 3.05) is 59.5 Å². The molecule has 31 heavy (non-hydrogen) atoms. The van der Waals surface area contributed by atoms with E-state index in [0.717, 1.165) is 13.0 Å². The van der Waals surface area contributed by atoms with Crippen molar-refractivity contribution in [3.63, 3.8) is 0 Å². The summed E-state index contributed by atoms with van der Waals surface area (Å²) in [6, 6.07) is -0.612. The fraction of sp³-hybridized carbons (Fsp3) is 0.773. The molecule has 1 rings (SSSR count). The van der Waals surface area contributed by atoms with Crippen molar-refractivity contribution in [1.29, 1.82) is 0 Å². The van der Waals surface area contributed by atoms with E-state index in [4.69, 9.17) is 23.7 Å². The largest absolute Gasteiger partial charge is 0.388 e. The van der Waals surface area contributed by atoms with Gasteiger partial charge in [-0.2, -0.15) is 0 Å². The summed E-state index contributed by atoms with van der Waals surface area (Å²) in [5.74, 6) is -0.195. The van der Waals surface area contributed by atoms with Gasteiger partial charge in [0.05, 0.1) is 58.9 Å². The minimum absolute atomic E-state index is 0.133. The van der Waals surface area contributed by atoms with Gasteiger partial charge in [0.1, 0.15) is 18.3 Å². The van der Waals surface area contributed by atoms with Crippen LogP contribution in [0.15, 0.2) is 26.3 Å². The molecule has 184 valence electrons. The molecule has 1 amide bonds. The highest BCUT2D eigenvalue weighted by molar-refractivity contribution is 5.75. The van der Waals surface area contributed by atoms with Crippen molar-refractivity contribution < 1.29 is 38.7 Å². The van der Waals surface area contributed by atoms with Gasteiger partial charge >= 0.3 is 0 Å². The number of carbonyl (C=O) groups is 1. The van der Waals surface area contributed by atoms with Crippen LogP contribution < -0.4 is 5.32 Å². The summed E-state index contributed by atoms with van der Waals surface area (Å²) in [6.07, 6.45) is -1.53. The number of hydrogen-bond acceptors (Lipinski definition) is 8. The maximum absolute atomic E-state index is 11.4. The van der Waals surface area contributed by atoms with Crippen LogP contribution in [-0.2, 0) is 28.5 Å². The summed E-state index contributed by atoms with van der Waals surface area (Å²) in [7, 11) is 0. The topological polar surface area (TPSA) is 116 Å². The highest BCUT2D eigenvalue weighted by Gasteiger charge is 2.38. The maximum Gasteiger partial charge on any atom is 0.220 e. The van der Waals surface area contributed by atoms with Crippen molar-refractivity contribution in [3.8, 4) is 0 Å². The van der Waals surface area contributed by atoms with Gasteiger partial charge in [0.15, 0.2) is 0 Å². The number of rotatable bonds is 15. The van der Waals surface area contributed by atoms with E-state index in [2.05, 4.69) is 38.6 Å². The van der Waals surface area contributed by atoms with E-state index in [9.17, 15) is 15.0 Å². The molecule has 1 aliphatic heterocycles. The van der Waals surface area contributed by atoms with E-state index in [0.29, 0.717) is 46.1 Å². The first kappa shape index (κ1) is 31.9. The molecule has 9 nitrogen and oxygen atoms in total. The molecular weight excluding hydrogens is 406 g/mol. The molecule has 1 heterocycles. The fourth-order valence-electron chi connectivity index (χ4n) is 2.47. The number of ether oxygens (including phenoxy) is 5. The molecule has 3 N–H and O–H groups in total. The number of amides is 1. The highest BCUT2D eigenvalue weighted by atomic mass is 16.6. The Balaban J connectivity index is 0. The predicted molar refractivity (Wildman–Crippen MR) is 120 cm³/mol. The highest BCUT2D eigenvalue weighted by Crippen LogP contribution is 2.16.